The Hall–Kier alpha value is -0.230. The van der Waals surface area contributed by atoms with Gasteiger partial charge in [0.15, 0.2) is 5.12 Å². The fraction of sp³-hybridized carbons (Fsp3) is 0.667. The number of carbonyl (C=O) groups excluding carboxylic acids is 2. The van der Waals surface area contributed by atoms with Gasteiger partial charge in [-0.15, -0.1) is 0 Å². The lowest BCUT2D eigenvalue weighted by Gasteiger charge is -2.14. The van der Waals surface area contributed by atoms with Crippen LogP contribution >= 0.6 is 23.4 Å². The van der Waals surface area contributed by atoms with E-state index in [0.717, 1.165) is 6.92 Å². The van der Waals surface area contributed by atoms with Crippen LogP contribution in [0.1, 0.15) is 6.92 Å². The van der Waals surface area contributed by atoms with Crippen LogP contribution in [0, 0.1) is 5.92 Å². The maximum Gasteiger partial charge on any atom is 0.400 e. The quantitative estimate of drug-likeness (QED) is 0.702. The number of alkyl halides is 3. The Bertz CT molecular complexity index is 216. The summed E-state index contributed by atoms with van der Waals surface area (Å²) in [6.45, 7) is 1.12. The Morgan fingerprint density at radius 3 is 2.15 bits per heavy atom. The number of hydrogen-bond donors (Lipinski definition) is 0. The largest absolute Gasteiger partial charge is 0.400 e. The van der Waals surface area contributed by atoms with Crippen LogP contribution in [-0.2, 0) is 9.59 Å². The van der Waals surface area contributed by atoms with Crippen molar-refractivity contribution in [3.05, 3.63) is 0 Å². The number of hydrogen-bond acceptors (Lipinski definition) is 3. The summed E-state index contributed by atoms with van der Waals surface area (Å²) in [7, 11) is 0. The van der Waals surface area contributed by atoms with Gasteiger partial charge >= 0.3 is 6.18 Å². The second-order valence-corrected chi connectivity index (χ2v) is 3.77. The molecule has 2 nitrogen and oxygen atoms in total. The zero-order valence-corrected chi connectivity index (χ0v) is 8.09. The highest BCUT2D eigenvalue weighted by atomic mass is 35.5. The molecule has 76 valence electrons. The average Bonchev–Trinajstić information content (AvgIpc) is 1.81. The lowest BCUT2D eigenvalue weighted by molar-refractivity contribution is -0.171. The molecule has 1 atom stereocenters. The molecule has 0 fully saturated rings. The normalized spacial score (nSPS) is 13.9. The standard InChI is InChI=1S/C6H6ClF3O2S/c1-3(11)13-2-4(5(7)12)6(8,9)10/h4H,2H2,1H3. The molecule has 0 heterocycles. The Labute approximate surface area is 81.8 Å². The Balaban J connectivity index is 4.28. The third-order valence-corrected chi connectivity index (χ3v) is 2.29. The van der Waals surface area contributed by atoms with Crippen LogP contribution in [0.25, 0.3) is 0 Å². The average molecular weight is 235 g/mol. The second kappa shape index (κ2) is 4.85. The third-order valence-electron chi connectivity index (χ3n) is 1.12. The Kier molecular flexibility index (Phi) is 4.77. The van der Waals surface area contributed by atoms with Crippen LogP contribution in [0.3, 0.4) is 0 Å². The summed E-state index contributed by atoms with van der Waals surface area (Å²) in [5.41, 5.74) is 0. The molecule has 0 aromatic heterocycles. The maximum atomic E-state index is 12.0. The topological polar surface area (TPSA) is 34.1 Å². The molecular weight excluding hydrogens is 229 g/mol. The molecule has 0 saturated carbocycles. The van der Waals surface area contributed by atoms with Crippen LogP contribution in [-0.4, -0.2) is 22.3 Å². The molecule has 0 aromatic carbocycles. The molecule has 0 bridgehead atoms. The first kappa shape index (κ1) is 12.8. The van der Waals surface area contributed by atoms with Gasteiger partial charge < -0.3 is 0 Å². The van der Waals surface area contributed by atoms with Gasteiger partial charge in [-0.2, -0.15) is 13.2 Å². The van der Waals surface area contributed by atoms with Crippen LogP contribution in [0.2, 0.25) is 0 Å². The first-order valence-corrected chi connectivity index (χ1v) is 4.51. The van der Waals surface area contributed by atoms with E-state index in [1.807, 2.05) is 0 Å². The van der Waals surface area contributed by atoms with Gasteiger partial charge in [0.05, 0.1) is 0 Å². The summed E-state index contributed by atoms with van der Waals surface area (Å²) < 4.78 is 36.0. The van der Waals surface area contributed by atoms with Gasteiger partial charge in [0, 0.05) is 12.7 Å². The van der Waals surface area contributed by atoms with Gasteiger partial charge in [-0.05, 0) is 11.6 Å². The van der Waals surface area contributed by atoms with E-state index in [9.17, 15) is 22.8 Å². The Morgan fingerprint density at radius 2 is 1.92 bits per heavy atom. The zero-order chi connectivity index (χ0) is 10.6. The second-order valence-electron chi connectivity index (χ2n) is 2.20. The first-order valence-electron chi connectivity index (χ1n) is 3.14. The number of rotatable bonds is 3. The molecule has 0 rings (SSSR count). The molecule has 0 saturated heterocycles. The van der Waals surface area contributed by atoms with Gasteiger partial charge in [0.2, 0.25) is 5.24 Å². The smallest absolute Gasteiger partial charge is 0.288 e. The van der Waals surface area contributed by atoms with Crippen molar-refractivity contribution in [1.82, 2.24) is 0 Å². The van der Waals surface area contributed by atoms with Crippen LogP contribution in [0.15, 0.2) is 0 Å². The van der Waals surface area contributed by atoms with Crippen LogP contribution in [0.5, 0.6) is 0 Å². The van der Waals surface area contributed by atoms with Crippen LogP contribution < -0.4 is 0 Å². The highest BCUT2D eigenvalue weighted by Crippen LogP contribution is 2.30. The summed E-state index contributed by atoms with van der Waals surface area (Å²) in [5.74, 6) is -2.91. The van der Waals surface area contributed by atoms with Crippen molar-refractivity contribution >= 4 is 33.7 Å². The zero-order valence-electron chi connectivity index (χ0n) is 6.52. The fourth-order valence-electron chi connectivity index (χ4n) is 0.489. The van der Waals surface area contributed by atoms with Crippen molar-refractivity contribution in [2.75, 3.05) is 5.75 Å². The highest BCUT2D eigenvalue weighted by molar-refractivity contribution is 8.13. The molecule has 0 aliphatic heterocycles. The van der Waals surface area contributed by atoms with E-state index in [4.69, 9.17) is 11.6 Å². The monoisotopic (exact) mass is 234 g/mol. The minimum Gasteiger partial charge on any atom is -0.288 e. The van der Waals surface area contributed by atoms with E-state index >= 15 is 0 Å². The van der Waals surface area contributed by atoms with E-state index in [1.54, 1.807) is 0 Å². The summed E-state index contributed by atoms with van der Waals surface area (Å²) in [6, 6.07) is 0. The molecular formula is C6H6ClF3O2S. The number of carbonyl (C=O) groups is 2. The molecule has 0 aliphatic rings. The SMILES string of the molecule is CC(=O)SCC(C(=O)Cl)C(F)(F)F. The van der Waals surface area contributed by atoms with Crippen LogP contribution in [0.4, 0.5) is 13.2 Å². The third kappa shape index (κ3) is 5.15. The molecule has 0 amide bonds. The highest BCUT2D eigenvalue weighted by Gasteiger charge is 2.44. The first-order chi connectivity index (χ1) is 5.75. The maximum absolute atomic E-state index is 12.0. The fourth-order valence-corrected chi connectivity index (χ4v) is 1.52. The van der Waals surface area contributed by atoms with E-state index in [-0.39, 0.29) is 0 Å². The minimum absolute atomic E-state index is 0.430. The van der Waals surface area contributed by atoms with Gasteiger partial charge in [0.1, 0.15) is 5.92 Å². The van der Waals surface area contributed by atoms with Crippen molar-refractivity contribution in [2.24, 2.45) is 5.92 Å². The van der Waals surface area contributed by atoms with Crippen molar-refractivity contribution in [3.63, 3.8) is 0 Å². The summed E-state index contributed by atoms with van der Waals surface area (Å²) in [6.07, 6.45) is -4.68. The van der Waals surface area contributed by atoms with E-state index in [1.165, 1.54) is 0 Å². The van der Waals surface area contributed by atoms with Crippen molar-refractivity contribution in [1.29, 1.82) is 0 Å². The lowest BCUT2D eigenvalue weighted by Crippen LogP contribution is -2.30. The molecule has 7 heteroatoms. The van der Waals surface area contributed by atoms with Gasteiger partial charge in [-0.1, -0.05) is 11.8 Å². The van der Waals surface area contributed by atoms with Gasteiger partial charge in [-0.25, -0.2) is 0 Å². The molecule has 0 spiro atoms. The summed E-state index contributed by atoms with van der Waals surface area (Å²) in [4.78, 5) is 20.7. The van der Waals surface area contributed by atoms with E-state index < -0.39 is 28.2 Å². The van der Waals surface area contributed by atoms with Crippen molar-refractivity contribution in [2.45, 2.75) is 13.1 Å². The molecule has 0 aromatic rings. The number of thioether (sulfide) groups is 1. The van der Waals surface area contributed by atoms with Gasteiger partial charge in [-0.3, -0.25) is 9.59 Å². The lowest BCUT2D eigenvalue weighted by atomic mass is 10.2. The predicted molar refractivity (Wildman–Crippen MR) is 43.5 cm³/mol. The molecule has 0 N–H and O–H groups in total. The molecule has 0 aliphatic carbocycles. The van der Waals surface area contributed by atoms with Gasteiger partial charge in [0.25, 0.3) is 0 Å². The summed E-state index contributed by atoms with van der Waals surface area (Å²) >= 11 is 5.16. The van der Waals surface area contributed by atoms with Crippen molar-refractivity contribution < 1.29 is 22.8 Å². The number of halogens is 4. The Morgan fingerprint density at radius 1 is 1.46 bits per heavy atom. The van der Waals surface area contributed by atoms with E-state index in [0.29, 0.717) is 11.8 Å². The minimum atomic E-state index is -4.68. The van der Waals surface area contributed by atoms with E-state index in [2.05, 4.69) is 0 Å². The molecule has 13 heavy (non-hydrogen) atoms. The molecule has 0 radical (unpaired) electrons. The summed E-state index contributed by atoms with van der Waals surface area (Å²) in [5, 5.41) is -1.96. The predicted octanol–water partition coefficient (Wildman–Crippen LogP) is 2.21. The molecule has 1 unspecified atom stereocenters. The van der Waals surface area contributed by atoms with Crippen molar-refractivity contribution in [3.8, 4) is 0 Å².